The third-order valence-electron chi connectivity index (χ3n) is 5.02. The molecule has 1 N–H and O–H groups in total. The van der Waals surface area contributed by atoms with Gasteiger partial charge < -0.3 is 10.2 Å². The molecule has 2 saturated heterocycles. The standard InChI is InChI=1S/C16H21N3O3/c1-12-2-3-14(19(21)22)13(10-12)15(20)18-8-5-16(6-9-18)4-7-17-11-16/h2-3,10,17H,4-9,11H2,1H3. The number of nitro groups is 1. The first-order valence-corrected chi connectivity index (χ1v) is 7.76. The Morgan fingerprint density at radius 3 is 2.64 bits per heavy atom. The van der Waals surface area contributed by atoms with E-state index in [1.54, 1.807) is 17.0 Å². The summed E-state index contributed by atoms with van der Waals surface area (Å²) < 4.78 is 0. The molecule has 2 aliphatic rings. The van der Waals surface area contributed by atoms with Crippen LogP contribution >= 0.6 is 0 Å². The molecule has 0 saturated carbocycles. The largest absolute Gasteiger partial charge is 0.338 e. The minimum atomic E-state index is -0.473. The van der Waals surface area contributed by atoms with Crippen LogP contribution in [0.25, 0.3) is 0 Å². The van der Waals surface area contributed by atoms with Crippen molar-refractivity contribution in [2.45, 2.75) is 26.2 Å². The van der Waals surface area contributed by atoms with Crippen LogP contribution in [0.4, 0.5) is 5.69 Å². The lowest BCUT2D eigenvalue weighted by Gasteiger charge is -2.38. The fourth-order valence-electron chi connectivity index (χ4n) is 3.56. The number of hydrogen-bond acceptors (Lipinski definition) is 4. The van der Waals surface area contributed by atoms with Crippen LogP contribution in [0.2, 0.25) is 0 Å². The number of piperidine rings is 1. The van der Waals surface area contributed by atoms with Gasteiger partial charge in [-0.05, 0) is 49.8 Å². The Bertz CT molecular complexity index is 599. The first-order valence-electron chi connectivity index (χ1n) is 7.76. The van der Waals surface area contributed by atoms with Crippen molar-refractivity contribution in [3.63, 3.8) is 0 Å². The van der Waals surface area contributed by atoms with E-state index in [9.17, 15) is 14.9 Å². The topological polar surface area (TPSA) is 75.5 Å². The summed E-state index contributed by atoms with van der Waals surface area (Å²) in [6.07, 6.45) is 3.12. The van der Waals surface area contributed by atoms with E-state index in [1.165, 1.54) is 12.5 Å². The van der Waals surface area contributed by atoms with Crippen molar-refractivity contribution >= 4 is 11.6 Å². The van der Waals surface area contributed by atoms with E-state index in [1.807, 2.05) is 6.92 Å². The molecule has 6 nitrogen and oxygen atoms in total. The van der Waals surface area contributed by atoms with E-state index in [-0.39, 0.29) is 17.2 Å². The number of benzene rings is 1. The molecule has 0 aromatic heterocycles. The number of carbonyl (C=O) groups is 1. The summed E-state index contributed by atoms with van der Waals surface area (Å²) in [5, 5.41) is 14.5. The summed E-state index contributed by atoms with van der Waals surface area (Å²) in [5.41, 5.74) is 1.31. The molecular weight excluding hydrogens is 282 g/mol. The number of hydrogen-bond donors (Lipinski definition) is 1. The van der Waals surface area contributed by atoms with Crippen LogP contribution in [0.1, 0.15) is 35.2 Å². The lowest BCUT2D eigenvalue weighted by Crippen LogP contribution is -2.44. The molecule has 0 aliphatic carbocycles. The van der Waals surface area contributed by atoms with Gasteiger partial charge in [0.2, 0.25) is 0 Å². The predicted molar refractivity (Wildman–Crippen MR) is 82.9 cm³/mol. The van der Waals surface area contributed by atoms with Crippen molar-refractivity contribution in [1.29, 1.82) is 0 Å². The Morgan fingerprint density at radius 1 is 1.32 bits per heavy atom. The number of amides is 1. The van der Waals surface area contributed by atoms with Crippen LogP contribution in [0.3, 0.4) is 0 Å². The average Bonchev–Trinajstić information content (AvgIpc) is 2.95. The van der Waals surface area contributed by atoms with Crippen molar-refractivity contribution in [3.8, 4) is 0 Å². The molecular formula is C16H21N3O3. The first-order chi connectivity index (χ1) is 10.5. The normalized spacial score (nSPS) is 20.3. The Labute approximate surface area is 129 Å². The monoisotopic (exact) mass is 303 g/mol. The predicted octanol–water partition coefficient (Wildman–Crippen LogP) is 2.12. The zero-order valence-corrected chi connectivity index (χ0v) is 12.8. The number of nitrogens with zero attached hydrogens (tertiary/aromatic N) is 2. The molecule has 0 bridgehead atoms. The van der Waals surface area contributed by atoms with Gasteiger partial charge in [0, 0.05) is 25.7 Å². The minimum absolute atomic E-state index is 0.0987. The summed E-state index contributed by atoms with van der Waals surface area (Å²) in [6.45, 7) is 5.30. The molecule has 1 spiro atoms. The first kappa shape index (κ1) is 15.0. The second-order valence-corrected chi connectivity index (χ2v) is 6.50. The van der Waals surface area contributed by atoms with Crippen LogP contribution in [0, 0.1) is 22.5 Å². The Morgan fingerprint density at radius 2 is 2.05 bits per heavy atom. The summed E-state index contributed by atoms with van der Waals surface area (Å²) in [6, 6.07) is 4.72. The van der Waals surface area contributed by atoms with Crippen LogP contribution in [-0.2, 0) is 0 Å². The Balaban J connectivity index is 1.77. The van der Waals surface area contributed by atoms with Gasteiger partial charge in [0.25, 0.3) is 11.6 Å². The summed E-state index contributed by atoms with van der Waals surface area (Å²) in [5.74, 6) is -0.212. The molecule has 0 atom stereocenters. The van der Waals surface area contributed by atoms with Crippen molar-refractivity contribution < 1.29 is 9.72 Å². The van der Waals surface area contributed by atoms with Gasteiger partial charge in [0.15, 0.2) is 0 Å². The molecule has 6 heteroatoms. The summed E-state index contributed by atoms with van der Waals surface area (Å²) in [4.78, 5) is 25.1. The number of nitrogens with one attached hydrogen (secondary N) is 1. The van der Waals surface area contributed by atoms with E-state index in [0.29, 0.717) is 18.5 Å². The van der Waals surface area contributed by atoms with Gasteiger partial charge >= 0.3 is 0 Å². The average molecular weight is 303 g/mol. The van der Waals surface area contributed by atoms with Gasteiger partial charge in [-0.3, -0.25) is 14.9 Å². The quantitative estimate of drug-likeness (QED) is 0.671. The van der Waals surface area contributed by atoms with Crippen molar-refractivity contribution in [1.82, 2.24) is 10.2 Å². The van der Waals surface area contributed by atoms with E-state index in [0.717, 1.165) is 31.5 Å². The third kappa shape index (κ3) is 2.70. The molecule has 2 aliphatic heterocycles. The Hall–Kier alpha value is -1.95. The van der Waals surface area contributed by atoms with E-state index < -0.39 is 4.92 Å². The highest BCUT2D eigenvalue weighted by Crippen LogP contribution is 2.37. The molecule has 3 rings (SSSR count). The molecule has 0 unspecified atom stereocenters. The van der Waals surface area contributed by atoms with Crippen molar-refractivity contribution in [2.75, 3.05) is 26.2 Å². The summed E-state index contributed by atoms with van der Waals surface area (Å²) in [7, 11) is 0. The molecule has 22 heavy (non-hydrogen) atoms. The van der Waals surface area contributed by atoms with Gasteiger partial charge in [0.05, 0.1) is 4.92 Å². The molecule has 0 radical (unpaired) electrons. The van der Waals surface area contributed by atoms with Crippen LogP contribution in [0.15, 0.2) is 18.2 Å². The zero-order chi connectivity index (χ0) is 15.7. The van der Waals surface area contributed by atoms with Gasteiger partial charge in [-0.1, -0.05) is 6.07 Å². The smallest absolute Gasteiger partial charge is 0.282 e. The van der Waals surface area contributed by atoms with E-state index in [4.69, 9.17) is 0 Å². The van der Waals surface area contributed by atoms with E-state index >= 15 is 0 Å². The van der Waals surface area contributed by atoms with Crippen LogP contribution in [-0.4, -0.2) is 41.9 Å². The van der Waals surface area contributed by atoms with Crippen LogP contribution in [0.5, 0.6) is 0 Å². The highest BCUT2D eigenvalue weighted by molar-refractivity contribution is 5.98. The van der Waals surface area contributed by atoms with Gasteiger partial charge in [-0.25, -0.2) is 0 Å². The van der Waals surface area contributed by atoms with Crippen molar-refractivity contribution in [2.24, 2.45) is 5.41 Å². The van der Waals surface area contributed by atoms with E-state index in [2.05, 4.69) is 5.32 Å². The fraction of sp³-hybridized carbons (Fsp3) is 0.562. The molecule has 2 fully saturated rings. The molecule has 118 valence electrons. The maximum Gasteiger partial charge on any atom is 0.282 e. The molecule has 1 amide bonds. The lowest BCUT2D eigenvalue weighted by atomic mass is 9.77. The van der Waals surface area contributed by atoms with Crippen LogP contribution < -0.4 is 5.32 Å². The van der Waals surface area contributed by atoms with Crippen molar-refractivity contribution in [3.05, 3.63) is 39.4 Å². The number of aryl methyl sites for hydroxylation is 1. The number of likely N-dealkylation sites (tertiary alicyclic amines) is 1. The zero-order valence-electron chi connectivity index (χ0n) is 12.8. The highest BCUT2D eigenvalue weighted by atomic mass is 16.6. The fourth-order valence-corrected chi connectivity index (χ4v) is 3.56. The SMILES string of the molecule is Cc1ccc([N+](=O)[O-])c(C(=O)N2CCC3(CCNC3)CC2)c1. The number of rotatable bonds is 2. The number of nitro benzene ring substituents is 1. The number of carbonyl (C=O) groups excluding carboxylic acids is 1. The maximum atomic E-state index is 12.7. The lowest BCUT2D eigenvalue weighted by molar-refractivity contribution is -0.385. The second kappa shape index (κ2) is 5.68. The third-order valence-corrected chi connectivity index (χ3v) is 5.02. The molecule has 1 aromatic rings. The van der Waals surface area contributed by atoms with Gasteiger partial charge in [-0.2, -0.15) is 0 Å². The molecule has 2 heterocycles. The maximum absolute atomic E-state index is 12.7. The minimum Gasteiger partial charge on any atom is -0.338 e. The van der Waals surface area contributed by atoms with Gasteiger partial charge in [-0.15, -0.1) is 0 Å². The molecule has 1 aromatic carbocycles. The summed E-state index contributed by atoms with van der Waals surface area (Å²) >= 11 is 0. The Kier molecular flexibility index (Phi) is 3.87. The second-order valence-electron chi connectivity index (χ2n) is 6.50. The highest BCUT2D eigenvalue weighted by Gasteiger charge is 2.38. The van der Waals surface area contributed by atoms with Gasteiger partial charge in [0.1, 0.15) is 5.56 Å².